The van der Waals surface area contributed by atoms with Crippen molar-refractivity contribution < 1.29 is 15.1 Å². The van der Waals surface area contributed by atoms with E-state index in [1.54, 1.807) is 0 Å². The second kappa shape index (κ2) is 6.52. The summed E-state index contributed by atoms with van der Waals surface area (Å²) < 4.78 is 0. The molecule has 0 amide bonds. The summed E-state index contributed by atoms with van der Waals surface area (Å²) >= 11 is 11.9. The molecule has 9 heteroatoms. The van der Waals surface area contributed by atoms with Gasteiger partial charge in [-0.2, -0.15) is 5.26 Å². The van der Waals surface area contributed by atoms with Crippen LogP contribution in [0.4, 0.5) is 5.69 Å². The molecular weight excluding hydrogens is 345 g/mol. The standard InChI is InChI=1S/C14H7Cl2N3O4/c15-9-5-18-6-10(16)13(9)8(4-17)1-7-2-11(19(22)23)14(21)12(20)3-7/h1-3,5-6,20-21H. The van der Waals surface area contributed by atoms with Crippen LogP contribution in [-0.2, 0) is 0 Å². The van der Waals surface area contributed by atoms with Crippen LogP contribution in [0.5, 0.6) is 11.5 Å². The lowest BCUT2D eigenvalue weighted by molar-refractivity contribution is -0.386. The fourth-order valence-electron chi connectivity index (χ4n) is 1.84. The predicted octanol–water partition coefficient (Wildman–Crippen LogP) is 3.77. The number of aromatic nitrogens is 1. The lowest BCUT2D eigenvalue weighted by Gasteiger charge is -2.06. The second-order valence-corrected chi connectivity index (χ2v) is 5.13. The molecule has 0 radical (unpaired) electrons. The van der Waals surface area contributed by atoms with Crippen LogP contribution < -0.4 is 0 Å². The van der Waals surface area contributed by atoms with Gasteiger partial charge in [-0.3, -0.25) is 15.1 Å². The van der Waals surface area contributed by atoms with Gasteiger partial charge in [-0.15, -0.1) is 0 Å². The maximum absolute atomic E-state index is 10.9. The van der Waals surface area contributed by atoms with Crippen LogP contribution in [0.15, 0.2) is 24.5 Å². The number of hydrogen-bond donors (Lipinski definition) is 2. The molecule has 23 heavy (non-hydrogen) atoms. The fourth-order valence-corrected chi connectivity index (χ4v) is 2.41. The van der Waals surface area contributed by atoms with E-state index in [9.17, 15) is 25.6 Å². The molecule has 1 aromatic carbocycles. The molecule has 0 fully saturated rings. The summed E-state index contributed by atoms with van der Waals surface area (Å²) in [7, 11) is 0. The first kappa shape index (κ1) is 16.5. The van der Waals surface area contributed by atoms with E-state index < -0.39 is 22.1 Å². The average molecular weight is 352 g/mol. The van der Waals surface area contributed by atoms with Crippen molar-refractivity contribution >= 4 is 40.5 Å². The van der Waals surface area contributed by atoms with Crippen molar-refractivity contribution in [2.75, 3.05) is 0 Å². The van der Waals surface area contributed by atoms with E-state index in [2.05, 4.69) is 4.98 Å². The molecule has 0 aliphatic heterocycles. The number of nitriles is 1. The molecule has 0 bridgehead atoms. The van der Waals surface area contributed by atoms with E-state index in [0.717, 1.165) is 12.1 Å². The highest BCUT2D eigenvalue weighted by atomic mass is 35.5. The van der Waals surface area contributed by atoms with Gasteiger partial charge in [-0.05, 0) is 17.7 Å². The number of nitrogens with zero attached hydrogens (tertiary/aromatic N) is 3. The van der Waals surface area contributed by atoms with Crippen molar-refractivity contribution in [3.05, 3.63) is 55.8 Å². The van der Waals surface area contributed by atoms with Crippen molar-refractivity contribution in [3.63, 3.8) is 0 Å². The fraction of sp³-hybridized carbons (Fsp3) is 0. The van der Waals surface area contributed by atoms with Crippen LogP contribution in [0.3, 0.4) is 0 Å². The smallest absolute Gasteiger partial charge is 0.315 e. The monoisotopic (exact) mass is 351 g/mol. The van der Waals surface area contributed by atoms with Crippen molar-refractivity contribution in [2.24, 2.45) is 0 Å². The number of aromatic hydroxyl groups is 2. The molecule has 0 saturated heterocycles. The van der Waals surface area contributed by atoms with Crippen molar-refractivity contribution in [2.45, 2.75) is 0 Å². The third kappa shape index (κ3) is 3.34. The van der Waals surface area contributed by atoms with Crippen LogP contribution in [0.2, 0.25) is 10.0 Å². The maximum atomic E-state index is 10.9. The predicted molar refractivity (Wildman–Crippen MR) is 84.2 cm³/mol. The van der Waals surface area contributed by atoms with Gasteiger partial charge >= 0.3 is 5.69 Å². The van der Waals surface area contributed by atoms with E-state index >= 15 is 0 Å². The molecule has 0 spiro atoms. The number of nitro groups is 1. The minimum Gasteiger partial charge on any atom is -0.504 e. The van der Waals surface area contributed by atoms with E-state index in [1.165, 1.54) is 18.5 Å². The number of phenolic OH excluding ortho intramolecular Hbond substituents is 2. The summed E-state index contributed by atoms with van der Waals surface area (Å²) in [6.45, 7) is 0. The first-order chi connectivity index (χ1) is 10.8. The number of halogens is 2. The molecule has 0 atom stereocenters. The van der Waals surface area contributed by atoms with Gasteiger partial charge in [-0.1, -0.05) is 23.2 Å². The molecule has 7 nitrogen and oxygen atoms in total. The molecule has 2 aromatic rings. The summed E-state index contributed by atoms with van der Waals surface area (Å²) in [5.74, 6) is -1.54. The molecule has 0 saturated carbocycles. The van der Waals surface area contributed by atoms with Crippen molar-refractivity contribution in [1.29, 1.82) is 5.26 Å². The van der Waals surface area contributed by atoms with Gasteiger partial charge in [0, 0.05) is 24.0 Å². The van der Waals surface area contributed by atoms with E-state index in [4.69, 9.17) is 23.2 Å². The first-order valence-corrected chi connectivity index (χ1v) is 6.72. The van der Waals surface area contributed by atoms with Gasteiger partial charge in [0.15, 0.2) is 5.75 Å². The summed E-state index contributed by atoms with van der Waals surface area (Å²) in [4.78, 5) is 13.8. The van der Waals surface area contributed by atoms with E-state index in [0.29, 0.717) is 0 Å². The minimum atomic E-state index is -0.856. The molecule has 0 unspecified atom stereocenters. The van der Waals surface area contributed by atoms with Crippen LogP contribution in [0.1, 0.15) is 11.1 Å². The number of benzene rings is 1. The Labute approximate surface area is 139 Å². The summed E-state index contributed by atoms with van der Waals surface area (Å²) in [6.07, 6.45) is 3.84. The molecule has 0 aliphatic carbocycles. The SMILES string of the molecule is N#CC(=Cc1cc(O)c(O)c([N+](=O)[O-])c1)c1c(Cl)cncc1Cl. The van der Waals surface area contributed by atoms with Gasteiger partial charge in [0.2, 0.25) is 5.75 Å². The van der Waals surface area contributed by atoms with Crippen LogP contribution in [0.25, 0.3) is 11.6 Å². The molecule has 2 N–H and O–H groups in total. The van der Waals surface area contributed by atoms with Crippen molar-refractivity contribution in [3.8, 4) is 17.6 Å². The number of phenols is 2. The Morgan fingerprint density at radius 1 is 1.30 bits per heavy atom. The van der Waals surface area contributed by atoms with E-state index in [-0.39, 0.29) is 26.7 Å². The first-order valence-electron chi connectivity index (χ1n) is 5.96. The number of hydrogen-bond acceptors (Lipinski definition) is 6. The quantitative estimate of drug-likeness (QED) is 0.375. The molecule has 1 aromatic heterocycles. The molecule has 0 aliphatic rings. The zero-order chi connectivity index (χ0) is 17.1. The Morgan fingerprint density at radius 2 is 1.91 bits per heavy atom. The Kier molecular flexibility index (Phi) is 4.69. The normalized spacial score (nSPS) is 11.1. The zero-order valence-corrected chi connectivity index (χ0v) is 12.7. The summed E-state index contributed by atoms with van der Waals surface area (Å²) in [5, 5.41) is 39.4. The summed E-state index contributed by atoms with van der Waals surface area (Å²) in [6, 6.07) is 3.96. The largest absolute Gasteiger partial charge is 0.504 e. The number of rotatable bonds is 3. The lowest BCUT2D eigenvalue weighted by Crippen LogP contribution is -1.91. The Hall–Kier alpha value is -2.82. The average Bonchev–Trinajstić information content (AvgIpc) is 2.48. The minimum absolute atomic E-state index is 0.0155. The maximum Gasteiger partial charge on any atom is 0.315 e. The number of allylic oxidation sites excluding steroid dienone is 1. The molecule has 116 valence electrons. The van der Waals surface area contributed by atoms with Gasteiger partial charge in [-0.25, -0.2) is 0 Å². The highest BCUT2D eigenvalue weighted by molar-refractivity contribution is 6.38. The van der Waals surface area contributed by atoms with Crippen LogP contribution in [0, 0.1) is 21.4 Å². The van der Waals surface area contributed by atoms with Crippen molar-refractivity contribution in [1.82, 2.24) is 4.98 Å². The van der Waals surface area contributed by atoms with Gasteiger partial charge < -0.3 is 10.2 Å². The summed E-state index contributed by atoms with van der Waals surface area (Å²) in [5.41, 5.74) is -0.351. The number of nitro benzene ring substituents is 1. The molecule has 2 rings (SSSR count). The Bertz CT molecular complexity index is 855. The lowest BCUT2D eigenvalue weighted by atomic mass is 10.0. The Balaban J connectivity index is 2.65. The van der Waals surface area contributed by atoms with Gasteiger partial charge in [0.05, 0.1) is 26.6 Å². The third-order valence-corrected chi connectivity index (χ3v) is 3.42. The number of pyridine rings is 1. The second-order valence-electron chi connectivity index (χ2n) is 4.31. The third-order valence-electron chi connectivity index (χ3n) is 2.84. The van der Waals surface area contributed by atoms with E-state index in [1.807, 2.05) is 6.07 Å². The molecule has 1 heterocycles. The van der Waals surface area contributed by atoms with Gasteiger partial charge in [0.25, 0.3) is 0 Å². The Morgan fingerprint density at radius 3 is 2.43 bits per heavy atom. The van der Waals surface area contributed by atoms with Crippen LogP contribution >= 0.6 is 23.2 Å². The zero-order valence-electron chi connectivity index (χ0n) is 11.2. The van der Waals surface area contributed by atoms with Crippen LogP contribution in [-0.4, -0.2) is 20.1 Å². The van der Waals surface area contributed by atoms with Gasteiger partial charge in [0.1, 0.15) is 0 Å². The molecular formula is C14H7Cl2N3O4. The highest BCUT2D eigenvalue weighted by Gasteiger charge is 2.19. The highest BCUT2D eigenvalue weighted by Crippen LogP contribution is 2.38. The topological polar surface area (TPSA) is 120 Å².